The molecular formula is C15H19N3. The van der Waals surface area contributed by atoms with Crippen LogP contribution < -0.4 is 5.32 Å². The number of aromatic nitrogens is 1. The average Bonchev–Trinajstić information content (AvgIpc) is 2.98. The fourth-order valence-electron chi connectivity index (χ4n) is 3.20. The van der Waals surface area contributed by atoms with E-state index in [4.69, 9.17) is 0 Å². The number of anilines is 1. The normalized spacial score (nSPS) is 25.8. The molecule has 2 unspecified atom stereocenters. The highest BCUT2D eigenvalue weighted by Gasteiger charge is 2.25. The first-order valence-corrected chi connectivity index (χ1v) is 6.97. The van der Waals surface area contributed by atoms with Gasteiger partial charge in [-0.05, 0) is 49.7 Å². The van der Waals surface area contributed by atoms with Gasteiger partial charge in [0, 0.05) is 11.7 Å². The van der Waals surface area contributed by atoms with Crippen LogP contribution in [0.3, 0.4) is 0 Å². The van der Waals surface area contributed by atoms with Gasteiger partial charge in [0.05, 0.1) is 5.56 Å². The van der Waals surface area contributed by atoms with Crippen molar-refractivity contribution in [2.75, 3.05) is 5.32 Å². The molecule has 0 aromatic carbocycles. The van der Waals surface area contributed by atoms with E-state index < -0.39 is 0 Å². The zero-order valence-corrected chi connectivity index (χ0v) is 10.9. The lowest BCUT2D eigenvalue weighted by Crippen LogP contribution is -2.23. The van der Waals surface area contributed by atoms with Crippen molar-refractivity contribution in [3.63, 3.8) is 0 Å². The lowest BCUT2D eigenvalue weighted by Gasteiger charge is -2.19. The zero-order valence-electron chi connectivity index (χ0n) is 10.9. The van der Waals surface area contributed by atoms with Crippen LogP contribution in [0, 0.1) is 17.2 Å². The van der Waals surface area contributed by atoms with E-state index >= 15 is 0 Å². The molecule has 0 bridgehead atoms. The van der Waals surface area contributed by atoms with E-state index in [1.165, 1.54) is 36.9 Å². The van der Waals surface area contributed by atoms with E-state index in [0.717, 1.165) is 24.2 Å². The topological polar surface area (TPSA) is 48.7 Å². The Bertz CT molecular complexity index is 501. The molecule has 2 aliphatic carbocycles. The van der Waals surface area contributed by atoms with Gasteiger partial charge in [0.1, 0.15) is 11.9 Å². The molecule has 1 saturated carbocycles. The van der Waals surface area contributed by atoms with Crippen molar-refractivity contribution < 1.29 is 0 Å². The Labute approximate surface area is 108 Å². The summed E-state index contributed by atoms with van der Waals surface area (Å²) < 4.78 is 0. The highest BCUT2D eigenvalue weighted by molar-refractivity contribution is 5.55. The predicted octanol–water partition coefficient (Wildman–Crippen LogP) is 3.04. The van der Waals surface area contributed by atoms with Crippen LogP contribution >= 0.6 is 0 Å². The van der Waals surface area contributed by atoms with Gasteiger partial charge in [-0.15, -0.1) is 0 Å². The van der Waals surface area contributed by atoms with Crippen LogP contribution in [-0.4, -0.2) is 11.0 Å². The standard InChI is InChI=1S/C15H19N3/c1-10-4-2-6-13(10)17-15-12(9-16)8-11-5-3-7-14(11)18-15/h8,10,13H,2-7H2,1H3,(H,17,18). The maximum atomic E-state index is 9.26. The third kappa shape index (κ3) is 1.96. The Morgan fingerprint density at radius 3 is 2.94 bits per heavy atom. The van der Waals surface area contributed by atoms with E-state index in [1.54, 1.807) is 0 Å². The predicted molar refractivity (Wildman–Crippen MR) is 71.4 cm³/mol. The summed E-state index contributed by atoms with van der Waals surface area (Å²) >= 11 is 0. The molecule has 2 aliphatic rings. The minimum atomic E-state index is 0.490. The number of fused-ring (bicyclic) bond motifs is 1. The largest absolute Gasteiger partial charge is 0.366 e. The number of hydrogen-bond donors (Lipinski definition) is 1. The summed E-state index contributed by atoms with van der Waals surface area (Å²) in [4.78, 5) is 4.69. The van der Waals surface area contributed by atoms with Gasteiger partial charge >= 0.3 is 0 Å². The summed E-state index contributed by atoms with van der Waals surface area (Å²) in [6.07, 6.45) is 7.09. The van der Waals surface area contributed by atoms with Gasteiger partial charge in [0.15, 0.2) is 0 Å². The number of aryl methyl sites for hydroxylation is 2. The van der Waals surface area contributed by atoms with Gasteiger partial charge in [0.2, 0.25) is 0 Å². The minimum absolute atomic E-state index is 0.490. The molecule has 2 atom stereocenters. The molecular weight excluding hydrogens is 222 g/mol. The van der Waals surface area contributed by atoms with E-state index in [1.807, 2.05) is 6.07 Å². The van der Waals surface area contributed by atoms with E-state index in [2.05, 4.69) is 23.3 Å². The summed E-state index contributed by atoms with van der Waals surface area (Å²) in [6.45, 7) is 2.28. The Hall–Kier alpha value is -1.56. The molecule has 0 radical (unpaired) electrons. The fourth-order valence-corrected chi connectivity index (χ4v) is 3.20. The average molecular weight is 241 g/mol. The fraction of sp³-hybridized carbons (Fsp3) is 0.600. The van der Waals surface area contributed by atoms with Crippen LogP contribution in [0.5, 0.6) is 0 Å². The summed E-state index contributed by atoms with van der Waals surface area (Å²) in [5.41, 5.74) is 3.19. The first-order valence-electron chi connectivity index (χ1n) is 6.97. The molecule has 1 aromatic rings. The minimum Gasteiger partial charge on any atom is -0.366 e. The number of rotatable bonds is 2. The molecule has 1 aromatic heterocycles. The van der Waals surface area contributed by atoms with Gasteiger partial charge in [-0.25, -0.2) is 4.98 Å². The quantitative estimate of drug-likeness (QED) is 0.865. The second-order valence-electron chi connectivity index (χ2n) is 5.61. The Morgan fingerprint density at radius 1 is 1.33 bits per heavy atom. The molecule has 18 heavy (non-hydrogen) atoms. The van der Waals surface area contributed by atoms with Crippen molar-refractivity contribution in [2.24, 2.45) is 5.92 Å². The van der Waals surface area contributed by atoms with Gasteiger partial charge in [0.25, 0.3) is 0 Å². The zero-order chi connectivity index (χ0) is 12.5. The van der Waals surface area contributed by atoms with Gasteiger partial charge in [-0.3, -0.25) is 0 Å². The molecule has 0 amide bonds. The highest BCUT2D eigenvalue weighted by atomic mass is 15.0. The van der Waals surface area contributed by atoms with Crippen molar-refractivity contribution in [3.8, 4) is 6.07 Å². The van der Waals surface area contributed by atoms with Crippen molar-refractivity contribution in [2.45, 2.75) is 51.5 Å². The molecule has 0 saturated heterocycles. The smallest absolute Gasteiger partial charge is 0.144 e. The van der Waals surface area contributed by atoms with Gasteiger partial charge in [-0.1, -0.05) is 13.3 Å². The maximum absolute atomic E-state index is 9.26. The third-order valence-corrected chi connectivity index (χ3v) is 4.35. The van der Waals surface area contributed by atoms with E-state index in [9.17, 15) is 5.26 Å². The number of nitrogens with zero attached hydrogens (tertiary/aromatic N) is 2. The molecule has 0 spiro atoms. The third-order valence-electron chi connectivity index (χ3n) is 4.35. The van der Waals surface area contributed by atoms with Crippen LogP contribution in [0.25, 0.3) is 0 Å². The van der Waals surface area contributed by atoms with Crippen LogP contribution in [0.2, 0.25) is 0 Å². The van der Waals surface area contributed by atoms with Gasteiger partial charge < -0.3 is 5.32 Å². The van der Waals surface area contributed by atoms with Crippen molar-refractivity contribution >= 4 is 5.82 Å². The first-order chi connectivity index (χ1) is 8.78. The van der Waals surface area contributed by atoms with Crippen molar-refractivity contribution in [3.05, 3.63) is 22.9 Å². The SMILES string of the molecule is CC1CCCC1Nc1nc2c(cc1C#N)CCC2. The lowest BCUT2D eigenvalue weighted by atomic mass is 10.1. The molecule has 94 valence electrons. The first kappa shape index (κ1) is 11.5. The Kier molecular flexibility index (Phi) is 2.95. The molecule has 3 nitrogen and oxygen atoms in total. The van der Waals surface area contributed by atoms with Crippen molar-refractivity contribution in [1.29, 1.82) is 5.26 Å². The second kappa shape index (κ2) is 4.61. The Balaban J connectivity index is 1.89. The molecule has 3 heteroatoms. The summed E-state index contributed by atoms with van der Waals surface area (Å²) in [7, 11) is 0. The number of nitrogens with one attached hydrogen (secondary N) is 1. The van der Waals surface area contributed by atoms with E-state index in [-0.39, 0.29) is 0 Å². The number of pyridine rings is 1. The lowest BCUT2D eigenvalue weighted by molar-refractivity contribution is 0.554. The molecule has 1 heterocycles. The molecule has 1 N–H and O–H groups in total. The van der Waals surface area contributed by atoms with E-state index in [0.29, 0.717) is 12.0 Å². The monoisotopic (exact) mass is 241 g/mol. The molecule has 3 rings (SSSR count). The maximum Gasteiger partial charge on any atom is 0.144 e. The molecule has 0 aliphatic heterocycles. The number of nitriles is 1. The van der Waals surface area contributed by atoms with Crippen LogP contribution in [0.4, 0.5) is 5.82 Å². The molecule has 1 fully saturated rings. The summed E-state index contributed by atoms with van der Waals surface area (Å²) in [6, 6.07) is 4.82. The van der Waals surface area contributed by atoms with Crippen LogP contribution in [0.1, 0.15) is 49.4 Å². The Morgan fingerprint density at radius 2 is 2.22 bits per heavy atom. The highest BCUT2D eigenvalue weighted by Crippen LogP contribution is 2.30. The van der Waals surface area contributed by atoms with Crippen LogP contribution in [-0.2, 0) is 12.8 Å². The number of hydrogen-bond acceptors (Lipinski definition) is 3. The van der Waals surface area contributed by atoms with Crippen LogP contribution in [0.15, 0.2) is 6.07 Å². The van der Waals surface area contributed by atoms with Crippen molar-refractivity contribution in [1.82, 2.24) is 4.98 Å². The summed E-state index contributed by atoms with van der Waals surface area (Å²) in [5.74, 6) is 1.50. The van der Waals surface area contributed by atoms with Gasteiger partial charge in [-0.2, -0.15) is 5.26 Å². The second-order valence-corrected chi connectivity index (χ2v) is 5.61. The summed E-state index contributed by atoms with van der Waals surface area (Å²) in [5, 5.41) is 12.8.